The third-order valence-electron chi connectivity index (χ3n) is 29.5. The van der Waals surface area contributed by atoms with Crippen molar-refractivity contribution >= 4 is 64.6 Å². The van der Waals surface area contributed by atoms with E-state index in [0.717, 1.165) is 85.0 Å². The van der Waals surface area contributed by atoms with Gasteiger partial charge in [-0.2, -0.15) is 0 Å². The van der Waals surface area contributed by atoms with Crippen molar-refractivity contribution in [2.45, 2.75) is 57.8 Å². The van der Waals surface area contributed by atoms with E-state index in [9.17, 15) is 0 Å². The lowest BCUT2D eigenvalue weighted by atomic mass is 9.79. The van der Waals surface area contributed by atoms with Crippen LogP contribution in [0.3, 0.4) is 0 Å². The lowest BCUT2D eigenvalue weighted by molar-refractivity contribution is 0.657. The minimum atomic E-state index is -0.309. The molecule has 0 saturated heterocycles. The van der Waals surface area contributed by atoms with E-state index in [4.69, 9.17) is 29.9 Å². The largest absolute Gasteiger partial charge is 0.228 e. The van der Waals surface area contributed by atoms with Crippen LogP contribution in [0.4, 0.5) is 0 Å². The van der Waals surface area contributed by atoms with Gasteiger partial charge in [0.1, 0.15) is 0 Å². The lowest BCUT2D eigenvalue weighted by Gasteiger charge is -2.24. The molecule has 21 aromatic carbocycles. The van der Waals surface area contributed by atoms with Crippen LogP contribution in [0.1, 0.15) is 74.9 Å². The minimum absolute atomic E-state index is 0.247. The van der Waals surface area contributed by atoms with Crippen LogP contribution in [0.15, 0.2) is 473 Å². The summed E-state index contributed by atoms with van der Waals surface area (Å²) in [4.78, 5) is 31.7. The highest BCUT2D eigenvalue weighted by Crippen LogP contribution is 2.59. The molecule has 0 bridgehead atoms. The molecule has 0 fully saturated rings. The quantitative estimate of drug-likeness (QED) is 0.113. The molecule has 3 aromatic heterocycles. The molecule has 0 N–H and O–H groups in total. The van der Waals surface area contributed by atoms with Gasteiger partial charge in [0.05, 0.1) is 34.2 Å². The Hall–Kier alpha value is -17.6. The molecule has 0 aliphatic heterocycles. The Labute approximate surface area is 821 Å². The second-order valence-corrected chi connectivity index (χ2v) is 38.8. The van der Waals surface area contributed by atoms with Gasteiger partial charge in [-0.3, -0.25) is 0 Å². The van der Waals surface area contributed by atoms with Gasteiger partial charge in [-0.15, -0.1) is 0 Å². The van der Waals surface area contributed by atoms with E-state index in [1.165, 1.54) is 181 Å². The molecule has 24 aromatic rings. The van der Waals surface area contributed by atoms with Gasteiger partial charge in [0.25, 0.3) is 0 Å². The van der Waals surface area contributed by atoms with Crippen LogP contribution in [-0.4, -0.2) is 29.9 Å². The Bertz CT molecular complexity index is 8870. The van der Waals surface area contributed by atoms with Gasteiger partial charge in [-0.25, -0.2) is 29.9 Å². The topological polar surface area (TPSA) is 77.3 Å². The summed E-state index contributed by atoms with van der Waals surface area (Å²) in [6.07, 6.45) is 0. The SMILES string of the molecule is CC1(C)c2cc(-c3c4ccccc4c(-c4ccccc4)c4ccccc34)ccc2-c2nc(-c3ccccc3)nc(-c3ccccc3)c21.CC1(C)c2ccc(-c3c4ccccc4c(-c4ccccc4)c4ccccc34)cc2-c2nc(-c3ccccc3)nc(-c3ccccc3)c21.CC1(C)c2ccccc2-c2nc(-c3ccccc3)nc(-c3cccc(-c4c5ccccc5c(-c5ccccc5)c5ccccc45)c3)c21. The monoisotopic (exact) mass is 1800 g/mol. The molecule has 666 valence electrons. The van der Waals surface area contributed by atoms with Crippen LogP contribution in [0.5, 0.6) is 0 Å². The summed E-state index contributed by atoms with van der Waals surface area (Å²) in [6.45, 7) is 13.9. The highest BCUT2D eigenvalue weighted by molar-refractivity contribution is 6.25. The van der Waals surface area contributed by atoms with E-state index < -0.39 is 0 Å². The van der Waals surface area contributed by atoms with Crippen LogP contribution in [0, 0.1) is 0 Å². The molecule has 3 aliphatic rings. The van der Waals surface area contributed by atoms with Crippen LogP contribution < -0.4 is 0 Å². The van der Waals surface area contributed by atoms with Gasteiger partial charge in [0.2, 0.25) is 0 Å². The first kappa shape index (κ1) is 85.1. The summed E-state index contributed by atoms with van der Waals surface area (Å²) in [5.74, 6) is 2.25. The smallest absolute Gasteiger partial charge is 0.160 e. The Morgan fingerprint density at radius 2 is 0.348 bits per heavy atom. The van der Waals surface area contributed by atoms with Crippen molar-refractivity contribution in [3.8, 4) is 168 Å². The van der Waals surface area contributed by atoms with Crippen molar-refractivity contribution in [3.63, 3.8) is 0 Å². The van der Waals surface area contributed by atoms with Gasteiger partial charge in [0.15, 0.2) is 17.5 Å². The fourth-order valence-corrected chi connectivity index (χ4v) is 23.1. The molecule has 6 nitrogen and oxygen atoms in total. The Kier molecular flexibility index (Phi) is 20.9. The normalized spacial score (nSPS) is 13.1. The molecule has 0 unspecified atom stereocenters. The van der Waals surface area contributed by atoms with Gasteiger partial charge in [-0.1, -0.05) is 497 Å². The summed E-state index contributed by atoms with van der Waals surface area (Å²) >= 11 is 0. The molecule has 3 aliphatic carbocycles. The van der Waals surface area contributed by atoms with Crippen LogP contribution >= 0.6 is 0 Å². The van der Waals surface area contributed by atoms with Crippen molar-refractivity contribution in [3.05, 3.63) is 507 Å². The number of hydrogen-bond acceptors (Lipinski definition) is 6. The number of aromatic nitrogens is 6. The molecule has 6 heteroatoms. The standard InChI is InChI=1S/3C45H32N2/c1-45(2)38-27-26-32(40-35-24-14-12-22-33(35)39(29-16-6-3-7-17-29)34-23-13-15-25-36(34)40)28-37(38)43-41(45)42(30-18-8-4-9-19-30)46-44(47-43)31-20-10-5-11-21-31;1-45(2)38-28-32(40-35-24-14-12-22-33(35)39(29-16-6-3-7-17-29)34-23-13-15-25-36(34)40)26-27-37(38)43-41(45)42(30-18-8-4-9-19-30)46-44(47-43)31-20-10-5-11-21-31;1-45(2)38-27-14-13-26-37(38)43-41(45)42(46-44(47-43)30-18-7-4-8-19-30)32-21-15-20-31(28-32)40-35-24-11-9-22-33(35)39(29-16-5-3-6-17-29)34-23-10-12-25-36(34)40/h3*3-28H,1-2H3. The highest BCUT2D eigenvalue weighted by atomic mass is 14.9. The summed E-state index contributed by atoms with van der Waals surface area (Å²) < 4.78 is 0. The van der Waals surface area contributed by atoms with E-state index in [1.807, 2.05) is 18.2 Å². The maximum atomic E-state index is 5.37. The fourth-order valence-electron chi connectivity index (χ4n) is 23.1. The molecule has 0 atom stereocenters. The third-order valence-corrected chi connectivity index (χ3v) is 29.5. The maximum absolute atomic E-state index is 5.37. The number of rotatable bonds is 12. The number of nitrogens with zero attached hydrogens (tertiary/aromatic N) is 6. The minimum Gasteiger partial charge on any atom is -0.228 e. The Morgan fingerprint density at radius 3 is 0.681 bits per heavy atom. The maximum Gasteiger partial charge on any atom is 0.160 e. The van der Waals surface area contributed by atoms with Gasteiger partial charge >= 0.3 is 0 Å². The first-order valence-electron chi connectivity index (χ1n) is 48.8. The van der Waals surface area contributed by atoms with Crippen LogP contribution in [0.2, 0.25) is 0 Å². The van der Waals surface area contributed by atoms with E-state index >= 15 is 0 Å². The Morgan fingerprint density at radius 1 is 0.135 bits per heavy atom. The summed E-state index contributed by atoms with van der Waals surface area (Å²) in [7, 11) is 0. The van der Waals surface area contributed by atoms with E-state index in [1.54, 1.807) is 0 Å². The van der Waals surface area contributed by atoms with Gasteiger partial charge in [-0.05, 0) is 166 Å². The van der Waals surface area contributed by atoms with Crippen LogP contribution in [0.25, 0.3) is 233 Å². The molecule has 0 radical (unpaired) electrons. The lowest BCUT2D eigenvalue weighted by Crippen LogP contribution is -2.17. The first-order chi connectivity index (χ1) is 69.3. The first-order valence-corrected chi connectivity index (χ1v) is 48.8. The van der Waals surface area contributed by atoms with E-state index in [-0.39, 0.29) is 16.2 Å². The van der Waals surface area contributed by atoms with Crippen molar-refractivity contribution in [2.24, 2.45) is 0 Å². The molecule has 3 heterocycles. The number of fused-ring (bicyclic) bond motifs is 15. The fraction of sp³-hybridized carbons (Fsp3) is 0.0667. The van der Waals surface area contributed by atoms with Crippen molar-refractivity contribution in [1.82, 2.24) is 29.9 Å². The third kappa shape index (κ3) is 14.4. The molecule has 0 amide bonds. The number of benzene rings is 21. The van der Waals surface area contributed by atoms with E-state index in [0.29, 0.717) is 0 Å². The average Bonchev–Trinajstić information content (AvgIpc) is 1.80. The Balaban J connectivity index is 0.000000111. The summed E-state index contributed by atoms with van der Waals surface area (Å²) in [6, 6.07) is 169. The molecule has 0 spiro atoms. The molecule has 27 rings (SSSR count). The van der Waals surface area contributed by atoms with Crippen molar-refractivity contribution in [2.75, 3.05) is 0 Å². The second kappa shape index (κ2) is 34.6. The van der Waals surface area contributed by atoms with Crippen molar-refractivity contribution < 1.29 is 0 Å². The number of hydrogen-bond donors (Lipinski definition) is 0. The van der Waals surface area contributed by atoms with Gasteiger partial charge < -0.3 is 0 Å². The zero-order chi connectivity index (χ0) is 94.6. The second-order valence-electron chi connectivity index (χ2n) is 38.8. The average molecular weight is 1800 g/mol. The molecular weight excluding hydrogens is 1710 g/mol. The van der Waals surface area contributed by atoms with Gasteiger partial charge in [0, 0.05) is 83.0 Å². The summed E-state index contributed by atoms with van der Waals surface area (Å²) in [5, 5.41) is 15.1. The molecular formula is C135H96N6. The van der Waals surface area contributed by atoms with Crippen molar-refractivity contribution in [1.29, 1.82) is 0 Å². The molecule has 0 saturated carbocycles. The van der Waals surface area contributed by atoms with E-state index in [2.05, 4.69) is 497 Å². The zero-order valence-electron chi connectivity index (χ0n) is 79.2. The highest BCUT2D eigenvalue weighted by Gasteiger charge is 2.44. The zero-order valence-corrected chi connectivity index (χ0v) is 79.2. The van der Waals surface area contributed by atoms with Crippen LogP contribution in [-0.2, 0) is 16.2 Å². The predicted octanol–water partition coefficient (Wildman–Crippen LogP) is 35.3. The molecule has 141 heavy (non-hydrogen) atoms. The summed E-state index contributed by atoms with van der Waals surface area (Å²) in [5.41, 5.74) is 37.5. The predicted molar refractivity (Wildman–Crippen MR) is 589 cm³/mol.